The molecule has 1 amide bonds. The Hall–Kier alpha value is -2.48. The summed E-state index contributed by atoms with van der Waals surface area (Å²) >= 11 is 0. The maximum Gasteiger partial charge on any atom is 0.302 e. The van der Waals surface area contributed by atoms with Crippen LogP contribution >= 0.6 is 0 Å². The summed E-state index contributed by atoms with van der Waals surface area (Å²) in [6.45, 7) is 1.96. The lowest BCUT2D eigenvalue weighted by atomic mass is 10.1. The summed E-state index contributed by atoms with van der Waals surface area (Å²) in [6, 6.07) is 2.66. The first-order valence-electron chi connectivity index (χ1n) is 7.16. The molecule has 2 heterocycles. The Morgan fingerprint density at radius 3 is 2.74 bits per heavy atom. The highest BCUT2D eigenvalue weighted by molar-refractivity contribution is 6.00. The van der Waals surface area contributed by atoms with Crippen molar-refractivity contribution in [2.45, 2.75) is 25.2 Å². The van der Waals surface area contributed by atoms with Gasteiger partial charge in [-0.15, -0.1) is 0 Å². The number of likely N-dealkylation sites (tertiary alicyclic amines) is 1. The van der Waals surface area contributed by atoms with E-state index in [-0.39, 0.29) is 35.2 Å². The highest BCUT2D eigenvalue weighted by Crippen LogP contribution is 2.44. The van der Waals surface area contributed by atoms with Gasteiger partial charge in [0, 0.05) is 25.1 Å². The van der Waals surface area contributed by atoms with Crippen molar-refractivity contribution < 1.29 is 28.9 Å². The number of amides is 1. The van der Waals surface area contributed by atoms with Crippen LogP contribution in [0.2, 0.25) is 0 Å². The first-order valence-corrected chi connectivity index (χ1v) is 7.16. The smallest absolute Gasteiger partial charge is 0.302 e. The van der Waals surface area contributed by atoms with Gasteiger partial charge in [0.05, 0.1) is 25.8 Å². The standard InChI is InChI=1S/C15H18N2O6/c1-8(18)23-9-5-15(7-22-15)17(6-9)14(20)10-3-13(21-2)12(19)4-11(10)16/h3-4,9,19H,5-7,16H2,1-2H3/t9-,15-/m1/s1. The molecule has 124 valence electrons. The molecule has 2 saturated heterocycles. The Balaban J connectivity index is 1.87. The van der Waals surface area contributed by atoms with E-state index in [0.717, 1.165) is 0 Å². The summed E-state index contributed by atoms with van der Waals surface area (Å²) in [5.74, 6) is -0.735. The van der Waals surface area contributed by atoms with E-state index in [0.29, 0.717) is 13.0 Å². The van der Waals surface area contributed by atoms with Crippen LogP contribution in [0.1, 0.15) is 23.7 Å². The Morgan fingerprint density at radius 2 is 2.17 bits per heavy atom. The molecule has 0 aromatic heterocycles. The molecule has 23 heavy (non-hydrogen) atoms. The van der Waals surface area contributed by atoms with Crippen molar-refractivity contribution in [2.75, 3.05) is 26.0 Å². The molecule has 8 heteroatoms. The van der Waals surface area contributed by atoms with Crippen molar-refractivity contribution >= 4 is 17.6 Å². The van der Waals surface area contributed by atoms with Gasteiger partial charge in [0.15, 0.2) is 17.2 Å². The molecule has 2 atom stereocenters. The predicted molar refractivity (Wildman–Crippen MR) is 79.0 cm³/mol. The van der Waals surface area contributed by atoms with E-state index in [1.807, 2.05) is 0 Å². The van der Waals surface area contributed by atoms with Gasteiger partial charge < -0.3 is 30.0 Å². The zero-order valence-corrected chi connectivity index (χ0v) is 12.9. The molecule has 2 aliphatic rings. The Bertz CT molecular complexity index is 670. The average Bonchev–Trinajstić information content (AvgIpc) is 3.14. The van der Waals surface area contributed by atoms with Crippen molar-refractivity contribution in [3.05, 3.63) is 17.7 Å². The molecular weight excluding hydrogens is 304 g/mol. The quantitative estimate of drug-likeness (QED) is 0.473. The maximum absolute atomic E-state index is 12.8. The molecule has 1 spiro atoms. The van der Waals surface area contributed by atoms with Crippen LogP contribution in [0.15, 0.2) is 12.1 Å². The van der Waals surface area contributed by atoms with E-state index >= 15 is 0 Å². The van der Waals surface area contributed by atoms with Crippen LogP contribution in [-0.2, 0) is 14.3 Å². The second-order valence-electron chi connectivity index (χ2n) is 5.70. The number of hydrogen-bond donors (Lipinski definition) is 2. The van der Waals surface area contributed by atoms with Crippen molar-refractivity contribution in [1.29, 1.82) is 0 Å². The number of phenolic OH excluding ortho intramolecular Hbond substituents is 1. The number of anilines is 1. The van der Waals surface area contributed by atoms with Gasteiger partial charge in [0.1, 0.15) is 6.10 Å². The summed E-state index contributed by atoms with van der Waals surface area (Å²) < 4.78 is 15.6. The number of epoxide rings is 1. The average molecular weight is 322 g/mol. The van der Waals surface area contributed by atoms with Gasteiger partial charge in [-0.25, -0.2) is 0 Å². The van der Waals surface area contributed by atoms with Gasteiger partial charge in [0.25, 0.3) is 5.91 Å². The third-order valence-electron chi connectivity index (χ3n) is 4.06. The largest absolute Gasteiger partial charge is 0.504 e. The highest BCUT2D eigenvalue weighted by atomic mass is 16.6. The number of aromatic hydroxyl groups is 1. The molecule has 2 fully saturated rings. The van der Waals surface area contributed by atoms with Gasteiger partial charge >= 0.3 is 5.97 Å². The molecule has 3 N–H and O–H groups in total. The third-order valence-corrected chi connectivity index (χ3v) is 4.06. The minimum absolute atomic E-state index is 0.139. The van der Waals surface area contributed by atoms with Crippen molar-refractivity contribution in [3.8, 4) is 11.5 Å². The van der Waals surface area contributed by atoms with Crippen molar-refractivity contribution in [1.82, 2.24) is 4.90 Å². The van der Waals surface area contributed by atoms with E-state index in [4.69, 9.17) is 19.9 Å². The maximum atomic E-state index is 12.8. The van der Waals surface area contributed by atoms with E-state index in [2.05, 4.69) is 0 Å². The molecule has 1 aromatic carbocycles. The predicted octanol–water partition coefficient (Wildman–Crippen LogP) is 0.487. The Morgan fingerprint density at radius 1 is 1.48 bits per heavy atom. The molecule has 0 saturated carbocycles. The topological polar surface area (TPSA) is 115 Å². The first-order chi connectivity index (χ1) is 10.9. The number of nitrogens with zero attached hydrogens (tertiary/aromatic N) is 1. The summed E-state index contributed by atoms with van der Waals surface area (Å²) in [5, 5.41) is 9.71. The monoisotopic (exact) mass is 322 g/mol. The van der Waals surface area contributed by atoms with Crippen LogP contribution in [-0.4, -0.2) is 54.0 Å². The van der Waals surface area contributed by atoms with Crippen molar-refractivity contribution in [3.63, 3.8) is 0 Å². The van der Waals surface area contributed by atoms with Gasteiger partial charge in [-0.2, -0.15) is 0 Å². The lowest BCUT2D eigenvalue weighted by Gasteiger charge is -2.22. The number of carbonyl (C=O) groups is 2. The van der Waals surface area contributed by atoms with Crippen molar-refractivity contribution in [2.24, 2.45) is 0 Å². The van der Waals surface area contributed by atoms with Crippen LogP contribution in [0.25, 0.3) is 0 Å². The number of nitrogens with two attached hydrogens (primary N) is 1. The molecule has 0 aliphatic carbocycles. The zero-order chi connectivity index (χ0) is 16.8. The lowest BCUT2D eigenvalue weighted by Crippen LogP contribution is -2.39. The first kappa shape index (κ1) is 15.4. The number of esters is 1. The van der Waals surface area contributed by atoms with E-state index in [1.54, 1.807) is 0 Å². The van der Waals surface area contributed by atoms with E-state index in [1.165, 1.54) is 31.1 Å². The number of ether oxygens (including phenoxy) is 3. The summed E-state index contributed by atoms with van der Waals surface area (Å²) in [7, 11) is 1.39. The Labute approximate surface area is 132 Å². The number of carbonyl (C=O) groups excluding carboxylic acids is 2. The van der Waals surface area contributed by atoms with Crippen LogP contribution in [0.3, 0.4) is 0 Å². The minimum Gasteiger partial charge on any atom is -0.504 e. The number of methoxy groups -OCH3 is 1. The Kier molecular flexibility index (Phi) is 3.56. The minimum atomic E-state index is -0.727. The van der Waals surface area contributed by atoms with E-state index < -0.39 is 17.8 Å². The fourth-order valence-electron chi connectivity index (χ4n) is 2.92. The summed E-state index contributed by atoms with van der Waals surface area (Å²) in [5.41, 5.74) is 5.47. The van der Waals surface area contributed by atoms with Gasteiger partial charge in [-0.1, -0.05) is 0 Å². The highest BCUT2D eigenvalue weighted by Gasteiger charge is 2.59. The molecule has 1 aromatic rings. The molecule has 3 rings (SSSR count). The number of phenols is 1. The van der Waals surface area contributed by atoms with Crippen LogP contribution in [0.5, 0.6) is 11.5 Å². The third kappa shape index (κ3) is 2.65. The molecule has 0 unspecified atom stereocenters. The lowest BCUT2D eigenvalue weighted by molar-refractivity contribution is -0.145. The molecule has 0 radical (unpaired) electrons. The summed E-state index contributed by atoms with van der Waals surface area (Å²) in [4.78, 5) is 25.5. The fourth-order valence-corrected chi connectivity index (χ4v) is 2.92. The summed E-state index contributed by atoms with van der Waals surface area (Å²) in [6.07, 6.45) is 0.0344. The number of benzene rings is 1. The zero-order valence-electron chi connectivity index (χ0n) is 12.9. The normalized spacial score (nSPS) is 25.5. The van der Waals surface area contributed by atoms with Crippen LogP contribution in [0.4, 0.5) is 5.69 Å². The SMILES string of the molecule is COc1cc(C(=O)N2C[C@H](OC(C)=O)C[C@@]23CO3)c(N)cc1O. The molecular formula is C15H18N2O6. The van der Waals surface area contributed by atoms with E-state index in [9.17, 15) is 14.7 Å². The second-order valence-corrected chi connectivity index (χ2v) is 5.70. The van der Waals surface area contributed by atoms with Crippen LogP contribution in [0, 0.1) is 0 Å². The van der Waals surface area contributed by atoms with Gasteiger partial charge in [-0.05, 0) is 6.07 Å². The number of hydrogen-bond acceptors (Lipinski definition) is 7. The molecule has 0 bridgehead atoms. The van der Waals surface area contributed by atoms with Gasteiger partial charge in [0.2, 0.25) is 0 Å². The molecule has 2 aliphatic heterocycles. The number of rotatable bonds is 3. The van der Waals surface area contributed by atoms with Gasteiger partial charge in [-0.3, -0.25) is 9.59 Å². The fraction of sp³-hybridized carbons (Fsp3) is 0.467. The number of nitrogen functional groups attached to an aromatic ring is 1. The molecule has 8 nitrogen and oxygen atoms in total. The second kappa shape index (κ2) is 5.31. The van der Waals surface area contributed by atoms with Crippen LogP contribution < -0.4 is 10.5 Å².